The number of carbonyl (C=O) groups is 1. The van der Waals surface area contributed by atoms with Crippen LogP contribution in [0.4, 0.5) is 5.69 Å². The van der Waals surface area contributed by atoms with E-state index in [1.807, 2.05) is 31.2 Å². The Hall–Kier alpha value is -2.38. The number of carbonyl (C=O) groups excluding carboxylic acids is 1. The monoisotopic (exact) mass is 371 g/mol. The average molecular weight is 371 g/mol. The van der Waals surface area contributed by atoms with Gasteiger partial charge < -0.3 is 19.9 Å². The lowest BCUT2D eigenvalue weighted by molar-refractivity contribution is -0.114. The molecule has 1 fully saturated rings. The van der Waals surface area contributed by atoms with Gasteiger partial charge in [0.15, 0.2) is 5.78 Å². The largest absolute Gasteiger partial charge is 0.490 e. The molecular formula is C19H21N3O3S. The van der Waals surface area contributed by atoms with Crippen LogP contribution in [-0.4, -0.2) is 43.1 Å². The molecule has 7 heteroatoms. The molecule has 26 heavy (non-hydrogen) atoms. The van der Waals surface area contributed by atoms with E-state index in [2.05, 4.69) is 22.1 Å². The molecule has 0 spiro atoms. The molecule has 1 atom stereocenters. The van der Waals surface area contributed by atoms with E-state index >= 15 is 0 Å². The summed E-state index contributed by atoms with van der Waals surface area (Å²) in [6, 6.07) is 5.76. The van der Waals surface area contributed by atoms with E-state index in [1.54, 1.807) is 0 Å². The Kier molecular flexibility index (Phi) is 4.42. The van der Waals surface area contributed by atoms with Gasteiger partial charge >= 0.3 is 0 Å². The molecule has 2 N–H and O–H groups in total. The molecule has 2 aliphatic heterocycles. The minimum atomic E-state index is -0.191. The number of nitrogens with one attached hydrogen (secondary N) is 2. The summed E-state index contributed by atoms with van der Waals surface area (Å²) in [5.74, 6) is 0.932. The van der Waals surface area contributed by atoms with Crippen LogP contribution in [0.25, 0.3) is 11.6 Å². The number of fused-ring (bicyclic) bond motifs is 1. The van der Waals surface area contributed by atoms with Crippen molar-refractivity contribution in [3.05, 3.63) is 43.3 Å². The van der Waals surface area contributed by atoms with Crippen molar-refractivity contribution in [2.24, 2.45) is 0 Å². The van der Waals surface area contributed by atoms with Gasteiger partial charge in [-0.15, -0.1) is 11.3 Å². The van der Waals surface area contributed by atoms with Crippen LogP contribution < -0.4 is 29.7 Å². The Morgan fingerprint density at radius 3 is 2.96 bits per heavy atom. The highest BCUT2D eigenvalue weighted by molar-refractivity contribution is 7.07. The maximum atomic E-state index is 12.3. The second-order valence-corrected chi connectivity index (χ2v) is 7.55. The van der Waals surface area contributed by atoms with E-state index in [9.17, 15) is 9.59 Å². The van der Waals surface area contributed by atoms with Crippen LogP contribution in [-0.2, 0) is 4.79 Å². The van der Waals surface area contributed by atoms with Crippen LogP contribution in [0.5, 0.6) is 5.75 Å². The molecule has 1 saturated heterocycles. The first-order chi connectivity index (χ1) is 12.6. The van der Waals surface area contributed by atoms with Crippen LogP contribution in [0.2, 0.25) is 0 Å². The number of thiazole rings is 1. The van der Waals surface area contributed by atoms with Gasteiger partial charge in [-0.25, -0.2) is 0 Å². The number of aromatic amines is 1. The summed E-state index contributed by atoms with van der Waals surface area (Å²) in [6.07, 6.45) is 1.87. The maximum absolute atomic E-state index is 12.3. The summed E-state index contributed by atoms with van der Waals surface area (Å²) in [6.45, 7) is 6.92. The SMILES string of the molecule is CCN1CCOc2ccc(/C=c3\s/c(=C4\CNC(C)C4=O)[nH]c3=O)cc21. The fraction of sp³-hybridized carbons (Fsp3) is 0.368. The predicted molar refractivity (Wildman–Crippen MR) is 103 cm³/mol. The quantitative estimate of drug-likeness (QED) is 0.789. The number of H-pyrrole nitrogens is 1. The van der Waals surface area contributed by atoms with Gasteiger partial charge in [-0.1, -0.05) is 6.07 Å². The van der Waals surface area contributed by atoms with E-state index in [0.29, 0.717) is 27.9 Å². The molecule has 4 rings (SSSR count). The van der Waals surface area contributed by atoms with Gasteiger partial charge in [-0.3, -0.25) is 9.59 Å². The zero-order valence-electron chi connectivity index (χ0n) is 14.8. The van der Waals surface area contributed by atoms with E-state index in [-0.39, 0.29) is 17.4 Å². The van der Waals surface area contributed by atoms with Crippen LogP contribution >= 0.6 is 11.3 Å². The van der Waals surface area contributed by atoms with E-state index in [0.717, 1.165) is 30.1 Å². The van der Waals surface area contributed by atoms with Crippen molar-refractivity contribution in [1.82, 2.24) is 10.3 Å². The third kappa shape index (κ3) is 2.97. The number of aromatic nitrogens is 1. The number of hydrogen-bond donors (Lipinski definition) is 2. The molecule has 3 heterocycles. The summed E-state index contributed by atoms with van der Waals surface area (Å²) >= 11 is 1.33. The van der Waals surface area contributed by atoms with Crippen molar-refractivity contribution in [3.63, 3.8) is 0 Å². The van der Waals surface area contributed by atoms with Gasteiger partial charge in [0.05, 0.1) is 22.8 Å². The molecule has 0 amide bonds. The minimum Gasteiger partial charge on any atom is -0.490 e. The summed E-state index contributed by atoms with van der Waals surface area (Å²) < 4.78 is 6.96. The standard InChI is InChI=1S/C19H21N3O3S/c1-3-22-6-7-25-15-5-4-12(8-14(15)22)9-16-18(24)21-19(26-16)13-10-20-11(2)17(13)23/h4-5,8-9,11,20H,3,6-7,10H2,1-2H3,(H,21,24)/b16-9-,19-13+. The zero-order chi connectivity index (χ0) is 18.3. The van der Waals surface area contributed by atoms with Crippen molar-refractivity contribution in [2.45, 2.75) is 19.9 Å². The molecule has 2 aliphatic rings. The second-order valence-electron chi connectivity index (χ2n) is 6.49. The lowest BCUT2D eigenvalue weighted by atomic mass is 10.1. The summed E-state index contributed by atoms with van der Waals surface area (Å²) in [5.41, 5.74) is 2.50. The lowest BCUT2D eigenvalue weighted by Gasteiger charge is -2.30. The van der Waals surface area contributed by atoms with E-state index in [4.69, 9.17) is 4.74 Å². The fourth-order valence-electron chi connectivity index (χ4n) is 3.33. The maximum Gasteiger partial charge on any atom is 0.266 e. The predicted octanol–water partition coefficient (Wildman–Crippen LogP) is 0.195. The van der Waals surface area contributed by atoms with Gasteiger partial charge in [0.1, 0.15) is 17.0 Å². The molecular weight excluding hydrogens is 350 g/mol. The third-order valence-corrected chi connectivity index (χ3v) is 5.91. The fourth-order valence-corrected chi connectivity index (χ4v) is 4.32. The number of ether oxygens (including phenoxy) is 1. The molecule has 1 aromatic heterocycles. The summed E-state index contributed by atoms with van der Waals surface area (Å²) in [5, 5.41) is 3.11. The first-order valence-electron chi connectivity index (χ1n) is 8.80. The topological polar surface area (TPSA) is 74.4 Å². The Labute approximate surface area is 154 Å². The number of Topliss-reactive ketones (excluding diaryl/α,β-unsaturated/α-hetero) is 1. The molecule has 1 aromatic carbocycles. The number of anilines is 1. The number of hydrogen-bond acceptors (Lipinski definition) is 6. The van der Waals surface area contributed by atoms with Gasteiger partial charge in [-0.05, 0) is 37.6 Å². The molecule has 0 radical (unpaired) electrons. The smallest absolute Gasteiger partial charge is 0.266 e. The molecule has 2 aromatic rings. The zero-order valence-corrected chi connectivity index (χ0v) is 15.6. The Morgan fingerprint density at radius 1 is 1.38 bits per heavy atom. The van der Waals surface area contributed by atoms with Crippen LogP contribution in [0, 0.1) is 0 Å². The van der Waals surface area contributed by atoms with E-state index in [1.165, 1.54) is 11.3 Å². The van der Waals surface area contributed by atoms with Gasteiger partial charge in [0.2, 0.25) is 0 Å². The van der Waals surface area contributed by atoms with Crippen molar-refractivity contribution < 1.29 is 9.53 Å². The first-order valence-corrected chi connectivity index (χ1v) is 9.62. The Bertz CT molecular complexity index is 1040. The Morgan fingerprint density at radius 2 is 2.23 bits per heavy atom. The molecule has 0 aliphatic carbocycles. The highest BCUT2D eigenvalue weighted by Crippen LogP contribution is 2.32. The number of rotatable bonds is 2. The molecule has 0 saturated carbocycles. The van der Waals surface area contributed by atoms with Crippen LogP contribution in [0.15, 0.2) is 23.0 Å². The number of ketones is 1. The Balaban J connectivity index is 1.78. The van der Waals surface area contributed by atoms with E-state index < -0.39 is 0 Å². The van der Waals surface area contributed by atoms with Gasteiger partial charge in [0.25, 0.3) is 5.56 Å². The highest BCUT2D eigenvalue weighted by atomic mass is 32.1. The van der Waals surface area contributed by atoms with Crippen molar-refractivity contribution in [2.75, 3.05) is 31.1 Å². The molecule has 6 nitrogen and oxygen atoms in total. The minimum absolute atomic E-state index is 0.0542. The highest BCUT2D eigenvalue weighted by Gasteiger charge is 2.26. The molecule has 1 unspecified atom stereocenters. The average Bonchev–Trinajstić information content (AvgIpc) is 3.17. The summed E-state index contributed by atoms with van der Waals surface area (Å²) in [7, 11) is 0. The third-order valence-electron chi connectivity index (χ3n) is 4.83. The molecule has 0 bridgehead atoms. The number of likely N-dealkylation sites (N-methyl/N-ethyl adjacent to an activating group) is 1. The van der Waals surface area contributed by atoms with Gasteiger partial charge in [0, 0.05) is 18.7 Å². The number of benzene rings is 1. The lowest BCUT2D eigenvalue weighted by Crippen LogP contribution is -2.32. The van der Waals surface area contributed by atoms with Crippen molar-refractivity contribution in [3.8, 4) is 5.75 Å². The summed E-state index contributed by atoms with van der Waals surface area (Å²) in [4.78, 5) is 29.6. The molecule has 136 valence electrons. The van der Waals surface area contributed by atoms with Crippen LogP contribution in [0.1, 0.15) is 19.4 Å². The number of nitrogens with zero attached hydrogens (tertiary/aromatic N) is 1. The van der Waals surface area contributed by atoms with Crippen molar-refractivity contribution in [1.29, 1.82) is 0 Å². The first kappa shape index (κ1) is 17.1. The van der Waals surface area contributed by atoms with Crippen LogP contribution in [0.3, 0.4) is 0 Å². The van der Waals surface area contributed by atoms with Gasteiger partial charge in [-0.2, -0.15) is 0 Å². The normalized spacial score (nSPS) is 22.5. The van der Waals surface area contributed by atoms with Crippen molar-refractivity contribution >= 4 is 34.5 Å². The second kappa shape index (κ2) is 6.74.